The maximum atomic E-state index is 6.15. The Hall–Kier alpha value is -1.36. The Balaban J connectivity index is 1.69. The molecule has 0 amide bonds. The maximum Gasteiger partial charge on any atom is 0.0723 e. The van der Waals surface area contributed by atoms with Gasteiger partial charge >= 0.3 is 0 Å². The van der Waals surface area contributed by atoms with Gasteiger partial charge in [-0.25, -0.2) is 0 Å². The Kier molecular flexibility index (Phi) is 5.13. The zero-order valence-corrected chi connectivity index (χ0v) is 13.6. The molecule has 2 heterocycles. The molecule has 5 heteroatoms. The summed E-state index contributed by atoms with van der Waals surface area (Å²) in [7, 11) is 1.69. The van der Waals surface area contributed by atoms with E-state index in [4.69, 9.17) is 21.1 Å². The quantitative estimate of drug-likeness (QED) is 0.764. The smallest absolute Gasteiger partial charge is 0.0723 e. The Labute approximate surface area is 136 Å². The van der Waals surface area contributed by atoms with Gasteiger partial charge in [-0.2, -0.15) is 0 Å². The summed E-state index contributed by atoms with van der Waals surface area (Å²) in [6.45, 7) is 4.18. The monoisotopic (exact) mass is 320 g/mol. The topological polar surface area (TPSA) is 34.6 Å². The molecule has 22 heavy (non-hydrogen) atoms. The Morgan fingerprint density at radius 3 is 3.09 bits per heavy atom. The Morgan fingerprint density at radius 2 is 2.23 bits per heavy atom. The fourth-order valence-electron chi connectivity index (χ4n) is 2.96. The van der Waals surface area contributed by atoms with Crippen LogP contribution in [-0.2, 0) is 9.47 Å². The molecule has 0 saturated carbocycles. The molecule has 1 atom stereocenters. The summed E-state index contributed by atoms with van der Waals surface area (Å²) < 4.78 is 10.7. The van der Waals surface area contributed by atoms with E-state index in [9.17, 15) is 0 Å². The number of pyridine rings is 1. The lowest BCUT2D eigenvalue weighted by molar-refractivity contribution is 0.0549. The van der Waals surface area contributed by atoms with Crippen molar-refractivity contribution in [3.63, 3.8) is 0 Å². The van der Waals surface area contributed by atoms with E-state index in [1.165, 1.54) is 5.69 Å². The average molecular weight is 321 g/mol. The first-order valence-corrected chi connectivity index (χ1v) is 8.01. The van der Waals surface area contributed by atoms with Crippen molar-refractivity contribution in [1.82, 2.24) is 4.98 Å². The van der Waals surface area contributed by atoms with Crippen molar-refractivity contribution in [3.05, 3.63) is 35.5 Å². The highest BCUT2D eigenvalue weighted by molar-refractivity contribution is 6.31. The predicted molar refractivity (Wildman–Crippen MR) is 89.8 cm³/mol. The summed E-state index contributed by atoms with van der Waals surface area (Å²) in [5.41, 5.74) is 2.20. The zero-order chi connectivity index (χ0) is 15.4. The minimum atomic E-state index is 0.569. The van der Waals surface area contributed by atoms with Gasteiger partial charge in [0.25, 0.3) is 0 Å². The molecule has 0 radical (unpaired) electrons. The number of halogens is 1. The van der Waals surface area contributed by atoms with Crippen molar-refractivity contribution in [3.8, 4) is 0 Å². The number of anilines is 1. The normalized spacial score (nSPS) is 18.3. The summed E-state index contributed by atoms with van der Waals surface area (Å²) in [6, 6.07) is 7.94. The van der Waals surface area contributed by atoms with Crippen LogP contribution < -0.4 is 4.90 Å². The van der Waals surface area contributed by atoms with Crippen molar-refractivity contribution in [2.24, 2.45) is 5.92 Å². The van der Waals surface area contributed by atoms with Gasteiger partial charge in [0.05, 0.1) is 25.3 Å². The third-order valence-corrected chi connectivity index (χ3v) is 4.33. The zero-order valence-electron chi connectivity index (χ0n) is 12.8. The number of ether oxygens (including phenoxy) is 2. The van der Waals surface area contributed by atoms with Crippen LogP contribution in [0.5, 0.6) is 0 Å². The largest absolute Gasteiger partial charge is 0.382 e. The molecule has 1 fully saturated rings. The van der Waals surface area contributed by atoms with Crippen molar-refractivity contribution < 1.29 is 9.47 Å². The van der Waals surface area contributed by atoms with Crippen LogP contribution in [0.3, 0.4) is 0 Å². The number of aromatic nitrogens is 1. The van der Waals surface area contributed by atoms with Crippen LogP contribution >= 0.6 is 11.6 Å². The summed E-state index contributed by atoms with van der Waals surface area (Å²) >= 11 is 6.15. The number of fused-ring (bicyclic) bond motifs is 1. The average Bonchev–Trinajstić information content (AvgIpc) is 2.99. The summed E-state index contributed by atoms with van der Waals surface area (Å²) in [5.74, 6) is 0.569. The van der Waals surface area contributed by atoms with E-state index in [1.54, 1.807) is 7.11 Å². The summed E-state index contributed by atoms with van der Waals surface area (Å²) in [4.78, 5) is 6.83. The highest BCUT2D eigenvalue weighted by atomic mass is 35.5. The van der Waals surface area contributed by atoms with Gasteiger partial charge in [-0.05, 0) is 30.7 Å². The second-order valence-electron chi connectivity index (χ2n) is 5.66. The molecule has 1 unspecified atom stereocenters. The number of hydrogen-bond acceptors (Lipinski definition) is 4. The minimum Gasteiger partial charge on any atom is -0.382 e. The molecule has 0 spiro atoms. The van der Waals surface area contributed by atoms with Crippen molar-refractivity contribution in [2.45, 2.75) is 6.42 Å². The first-order chi connectivity index (χ1) is 10.8. The molecule has 0 aliphatic carbocycles. The second kappa shape index (κ2) is 7.27. The number of hydrogen-bond donors (Lipinski definition) is 0. The van der Waals surface area contributed by atoms with Crippen LogP contribution in [0.2, 0.25) is 5.02 Å². The number of nitrogens with zero attached hydrogens (tertiary/aromatic N) is 2. The molecular formula is C17H21ClN2O2. The fraction of sp³-hybridized carbons (Fsp3) is 0.471. The van der Waals surface area contributed by atoms with Crippen LogP contribution in [0.15, 0.2) is 30.5 Å². The third-order valence-electron chi connectivity index (χ3n) is 4.09. The summed E-state index contributed by atoms with van der Waals surface area (Å²) in [5, 5.41) is 1.87. The SMILES string of the molecule is COCCOCC1CCN(c2ccnc3ccc(Cl)cc23)C1. The standard InChI is InChI=1S/C17H21ClN2O2/c1-21-8-9-22-12-13-5-7-20(11-13)17-4-6-19-16-3-2-14(18)10-15(16)17/h2-4,6,10,13H,5,7-9,11-12H2,1H3. The highest BCUT2D eigenvalue weighted by Crippen LogP contribution is 2.31. The molecule has 1 aromatic carbocycles. The van der Waals surface area contributed by atoms with Gasteiger partial charge in [-0.1, -0.05) is 11.6 Å². The van der Waals surface area contributed by atoms with Crippen LogP contribution in [0.25, 0.3) is 10.9 Å². The summed E-state index contributed by atoms with van der Waals surface area (Å²) in [6.07, 6.45) is 3.02. The lowest BCUT2D eigenvalue weighted by Gasteiger charge is -2.20. The lowest BCUT2D eigenvalue weighted by Crippen LogP contribution is -2.21. The van der Waals surface area contributed by atoms with E-state index in [0.717, 1.165) is 42.0 Å². The molecule has 1 saturated heterocycles. The first-order valence-electron chi connectivity index (χ1n) is 7.64. The Bertz CT molecular complexity index is 635. The van der Waals surface area contributed by atoms with E-state index in [1.807, 2.05) is 24.4 Å². The van der Waals surface area contributed by atoms with Crippen LogP contribution in [0.4, 0.5) is 5.69 Å². The second-order valence-corrected chi connectivity index (χ2v) is 6.10. The molecule has 1 aliphatic rings. The van der Waals surface area contributed by atoms with E-state index in [-0.39, 0.29) is 0 Å². The molecule has 0 N–H and O–H groups in total. The van der Waals surface area contributed by atoms with Crippen LogP contribution in [0.1, 0.15) is 6.42 Å². The maximum absolute atomic E-state index is 6.15. The van der Waals surface area contributed by atoms with Gasteiger partial charge in [-0.3, -0.25) is 4.98 Å². The van der Waals surface area contributed by atoms with Crippen LogP contribution in [-0.4, -0.2) is 45.0 Å². The fourth-order valence-corrected chi connectivity index (χ4v) is 3.13. The first kappa shape index (κ1) is 15.5. The van der Waals surface area contributed by atoms with Gasteiger partial charge in [0.1, 0.15) is 0 Å². The van der Waals surface area contributed by atoms with Gasteiger partial charge in [0.2, 0.25) is 0 Å². The molecule has 4 nitrogen and oxygen atoms in total. The minimum absolute atomic E-state index is 0.569. The molecular weight excluding hydrogens is 300 g/mol. The van der Waals surface area contributed by atoms with Gasteiger partial charge < -0.3 is 14.4 Å². The molecule has 1 aliphatic heterocycles. The number of methoxy groups -OCH3 is 1. The van der Waals surface area contributed by atoms with Crippen molar-refractivity contribution in [1.29, 1.82) is 0 Å². The van der Waals surface area contributed by atoms with Gasteiger partial charge in [0.15, 0.2) is 0 Å². The molecule has 2 aromatic rings. The van der Waals surface area contributed by atoms with E-state index in [2.05, 4.69) is 16.0 Å². The number of rotatable bonds is 6. The van der Waals surface area contributed by atoms with E-state index < -0.39 is 0 Å². The number of benzene rings is 1. The van der Waals surface area contributed by atoms with Gasteiger partial charge in [-0.15, -0.1) is 0 Å². The van der Waals surface area contributed by atoms with E-state index >= 15 is 0 Å². The lowest BCUT2D eigenvalue weighted by atomic mass is 10.1. The molecule has 118 valence electrons. The third kappa shape index (κ3) is 3.51. The van der Waals surface area contributed by atoms with Crippen molar-refractivity contribution >= 4 is 28.2 Å². The van der Waals surface area contributed by atoms with Crippen molar-refractivity contribution in [2.75, 3.05) is 44.9 Å². The predicted octanol–water partition coefficient (Wildman–Crippen LogP) is 3.38. The Morgan fingerprint density at radius 1 is 1.32 bits per heavy atom. The highest BCUT2D eigenvalue weighted by Gasteiger charge is 2.24. The molecule has 1 aromatic heterocycles. The van der Waals surface area contributed by atoms with Crippen LogP contribution in [0, 0.1) is 5.92 Å². The molecule has 0 bridgehead atoms. The van der Waals surface area contributed by atoms with Gasteiger partial charge in [0, 0.05) is 48.4 Å². The molecule has 3 rings (SSSR count). The van der Waals surface area contributed by atoms with E-state index in [0.29, 0.717) is 19.1 Å².